The average molecular weight is 572 g/mol. The van der Waals surface area contributed by atoms with Crippen molar-refractivity contribution in [2.45, 2.75) is 38.8 Å². The first-order valence-corrected chi connectivity index (χ1v) is 11.4. The number of benzene rings is 1. The quantitative estimate of drug-likeness (QED) is 0.196. The molecule has 1 aromatic carbocycles. The molecule has 1 atom stereocenters. The monoisotopic (exact) mass is 571 g/mol. The number of aryl methyl sites for hydroxylation is 1. The number of halogens is 1. The molecule has 1 aliphatic rings. The van der Waals surface area contributed by atoms with Crippen molar-refractivity contribution >= 4 is 29.9 Å². The van der Waals surface area contributed by atoms with Gasteiger partial charge in [-0.05, 0) is 50.6 Å². The summed E-state index contributed by atoms with van der Waals surface area (Å²) in [4.78, 5) is 7.32. The lowest BCUT2D eigenvalue weighted by molar-refractivity contribution is 0.164. The van der Waals surface area contributed by atoms with Crippen LogP contribution in [0.5, 0.6) is 5.75 Å². The van der Waals surface area contributed by atoms with Gasteiger partial charge in [-0.25, -0.2) is 4.99 Å². The smallest absolute Gasteiger partial charge is 0.191 e. The van der Waals surface area contributed by atoms with E-state index in [-0.39, 0.29) is 30.0 Å². The lowest BCUT2D eigenvalue weighted by Gasteiger charge is -2.35. The summed E-state index contributed by atoms with van der Waals surface area (Å²) in [6.07, 6.45) is 3.79. The molecule has 1 aromatic heterocycles. The molecule has 1 saturated heterocycles. The second kappa shape index (κ2) is 14.4. The van der Waals surface area contributed by atoms with Crippen molar-refractivity contribution in [2.24, 2.45) is 12.0 Å². The van der Waals surface area contributed by atoms with Crippen LogP contribution in [0.2, 0.25) is 0 Å². The van der Waals surface area contributed by atoms with Gasteiger partial charge in [0, 0.05) is 27.2 Å². The Morgan fingerprint density at radius 3 is 2.42 bits per heavy atom. The highest BCUT2D eigenvalue weighted by Gasteiger charge is 2.22. The van der Waals surface area contributed by atoms with Crippen LogP contribution in [0.4, 0.5) is 0 Å². The van der Waals surface area contributed by atoms with Crippen molar-refractivity contribution in [3.63, 3.8) is 0 Å². The molecule has 3 rings (SSSR count). The third-order valence-corrected chi connectivity index (χ3v) is 5.95. The normalized spacial score (nSPS) is 15.6. The predicted molar refractivity (Wildman–Crippen MR) is 141 cm³/mol. The number of nitrogens with zero attached hydrogens (tertiary/aromatic N) is 5. The van der Waals surface area contributed by atoms with Crippen LogP contribution in [-0.2, 0) is 18.3 Å². The predicted octanol–water partition coefficient (Wildman–Crippen LogP) is 2.66. The Bertz CT molecular complexity index is 851. The number of aromatic nitrogens is 3. The van der Waals surface area contributed by atoms with E-state index in [4.69, 9.17) is 14.5 Å². The molecule has 10 heteroatoms. The molecule has 1 fully saturated rings. The van der Waals surface area contributed by atoms with Crippen LogP contribution >= 0.6 is 24.0 Å². The number of hydrogen-bond donors (Lipinski definition) is 2. The molecule has 2 aromatic rings. The molecule has 0 radical (unpaired) electrons. The van der Waals surface area contributed by atoms with Crippen LogP contribution in [0.3, 0.4) is 0 Å². The minimum atomic E-state index is 0. The largest absolute Gasteiger partial charge is 0.497 e. The van der Waals surface area contributed by atoms with Crippen LogP contribution in [0, 0.1) is 6.92 Å². The molecule has 184 valence electrons. The molecule has 0 saturated carbocycles. The summed E-state index contributed by atoms with van der Waals surface area (Å²) in [6, 6.07) is 8.66. The van der Waals surface area contributed by atoms with Gasteiger partial charge in [0.05, 0.1) is 19.8 Å². The third kappa shape index (κ3) is 8.11. The second-order valence-corrected chi connectivity index (χ2v) is 8.07. The molecule has 9 nitrogen and oxygen atoms in total. The zero-order valence-corrected chi connectivity index (χ0v) is 22.5. The van der Waals surface area contributed by atoms with E-state index in [0.29, 0.717) is 19.7 Å². The number of guanidine groups is 1. The van der Waals surface area contributed by atoms with E-state index in [1.54, 1.807) is 14.2 Å². The first-order valence-electron chi connectivity index (χ1n) is 11.4. The summed E-state index contributed by atoms with van der Waals surface area (Å²) in [6.45, 7) is 6.66. The number of methoxy groups -OCH3 is 2. The number of rotatable bonds is 10. The van der Waals surface area contributed by atoms with Crippen molar-refractivity contribution in [1.29, 1.82) is 0 Å². The van der Waals surface area contributed by atoms with Crippen LogP contribution in [0.1, 0.15) is 42.5 Å². The van der Waals surface area contributed by atoms with E-state index in [0.717, 1.165) is 43.0 Å². The second-order valence-electron chi connectivity index (χ2n) is 8.07. The Morgan fingerprint density at radius 2 is 1.82 bits per heavy atom. The number of ether oxygens (including phenoxy) is 2. The molecular weight excluding hydrogens is 533 g/mol. The van der Waals surface area contributed by atoms with E-state index in [1.165, 1.54) is 24.8 Å². The van der Waals surface area contributed by atoms with E-state index < -0.39 is 0 Å². The zero-order valence-electron chi connectivity index (χ0n) is 20.2. The molecule has 1 aliphatic heterocycles. The first kappa shape index (κ1) is 27.3. The summed E-state index contributed by atoms with van der Waals surface area (Å²) < 4.78 is 12.5. The Morgan fingerprint density at radius 1 is 1.09 bits per heavy atom. The number of piperidine rings is 1. The van der Waals surface area contributed by atoms with Crippen molar-refractivity contribution in [3.8, 4) is 5.75 Å². The fourth-order valence-corrected chi connectivity index (χ4v) is 3.89. The van der Waals surface area contributed by atoms with Crippen LogP contribution in [0.25, 0.3) is 0 Å². The minimum Gasteiger partial charge on any atom is -0.497 e. The van der Waals surface area contributed by atoms with Gasteiger partial charge in [0.1, 0.15) is 18.1 Å². The highest BCUT2D eigenvalue weighted by Crippen LogP contribution is 2.25. The van der Waals surface area contributed by atoms with Crippen molar-refractivity contribution < 1.29 is 9.47 Å². The Hall–Kier alpha value is -1.92. The molecule has 0 aliphatic carbocycles. The van der Waals surface area contributed by atoms with Gasteiger partial charge in [-0.1, -0.05) is 18.6 Å². The van der Waals surface area contributed by atoms with Gasteiger partial charge in [-0.3, -0.25) is 4.90 Å². The number of aliphatic imine (C=N–C) groups is 1. The number of likely N-dealkylation sites (tertiary alicyclic amines) is 1. The first-order chi connectivity index (χ1) is 15.6. The van der Waals surface area contributed by atoms with Crippen LogP contribution in [0.15, 0.2) is 29.3 Å². The summed E-state index contributed by atoms with van der Waals surface area (Å²) >= 11 is 0. The van der Waals surface area contributed by atoms with Crippen LogP contribution < -0.4 is 15.4 Å². The van der Waals surface area contributed by atoms with Gasteiger partial charge < -0.3 is 24.7 Å². The molecule has 1 unspecified atom stereocenters. The molecule has 2 heterocycles. The highest BCUT2D eigenvalue weighted by molar-refractivity contribution is 14.0. The Kier molecular flexibility index (Phi) is 11.9. The van der Waals surface area contributed by atoms with E-state index in [1.807, 2.05) is 30.7 Å². The van der Waals surface area contributed by atoms with E-state index in [9.17, 15) is 0 Å². The highest BCUT2D eigenvalue weighted by atomic mass is 127. The van der Waals surface area contributed by atoms with Gasteiger partial charge in [0.15, 0.2) is 11.8 Å². The zero-order chi connectivity index (χ0) is 22.8. The lowest BCUT2D eigenvalue weighted by Crippen LogP contribution is -2.45. The van der Waals surface area contributed by atoms with Crippen LogP contribution in [-0.4, -0.2) is 72.6 Å². The Labute approximate surface area is 214 Å². The molecule has 2 N–H and O–H groups in total. The SMILES string of the molecule is COCCNC(=NCc1nnc(C)n1C)NCC(c1ccc(OC)cc1)N1CCCCC1.I. The minimum absolute atomic E-state index is 0. The van der Waals surface area contributed by atoms with Crippen molar-refractivity contribution in [2.75, 3.05) is 47.0 Å². The maximum absolute atomic E-state index is 5.35. The standard InChI is InChI=1S/C23H37N7O2.HI/c1-18-27-28-22(29(18)2)17-26-23(24-12-15-31-3)25-16-21(30-13-6-5-7-14-30)19-8-10-20(32-4)11-9-19;/h8-11,21H,5-7,12-17H2,1-4H3,(H2,24,25,26);1H. The molecule has 0 bridgehead atoms. The topological polar surface area (TPSA) is 88.8 Å². The van der Waals surface area contributed by atoms with Gasteiger partial charge >= 0.3 is 0 Å². The fourth-order valence-electron chi connectivity index (χ4n) is 3.89. The van der Waals surface area contributed by atoms with E-state index >= 15 is 0 Å². The molecule has 0 amide bonds. The molecule has 33 heavy (non-hydrogen) atoms. The van der Waals surface area contributed by atoms with Gasteiger partial charge in [0.25, 0.3) is 0 Å². The molecular formula is C23H38IN7O2. The fraction of sp³-hybridized carbons (Fsp3) is 0.609. The average Bonchev–Trinajstić information content (AvgIpc) is 3.15. The summed E-state index contributed by atoms with van der Waals surface area (Å²) in [5.41, 5.74) is 1.28. The van der Waals surface area contributed by atoms with Gasteiger partial charge in [-0.2, -0.15) is 0 Å². The third-order valence-electron chi connectivity index (χ3n) is 5.95. The molecule has 0 spiro atoms. The number of hydrogen-bond acceptors (Lipinski definition) is 6. The maximum Gasteiger partial charge on any atom is 0.191 e. The van der Waals surface area contributed by atoms with Crippen molar-refractivity contribution in [3.05, 3.63) is 41.5 Å². The maximum atomic E-state index is 5.35. The lowest BCUT2D eigenvalue weighted by atomic mass is 10.0. The number of nitrogens with one attached hydrogen (secondary N) is 2. The van der Waals surface area contributed by atoms with E-state index in [2.05, 4.69) is 37.9 Å². The Balaban J connectivity index is 0.00000385. The summed E-state index contributed by atoms with van der Waals surface area (Å²) in [5, 5.41) is 15.3. The van der Waals surface area contributed by atoms with Gasteiger partial charge in [-0.15, -0.1) is 34.2 Å². The summed E-state index contributed by atoms with van der Waals surface area (Å²) in [7, 11) is 5.36. The van der Waals surface area contributed by atoms with Gasteiger partial charge in [0.2, 0.25) is 0 Å². The summed E-state index contributed by atoms with van der Waals surface area (Å²) in [5.74, 6) is 3.33. The van der Waals surface area contributed by atoms with Crippen molar-refractivity contribution in [1.82, 2.24) is 30.3 Å².